The number of hydrogen-bond acceptors (Lipinski definition) is 5. The monoisotopic (exact) mass is 571 g/mol. The van der Waals surface area contributed by atoms with Crippen LogP contribution < -0.4 is 16.0 Å². The van der Waals surface area contributed by atoms with Gasteiger partial charge in [0.1, 0.15) is 17.4 Å². The van der Waals surface area contributed by atoms with Crippen molar-refractivity contribution in [3.63, 3.8) is 0 Å². The molecule has 0 aromatic heterocycles. The molecule has 1 rings (SSSR count). The van der Waals surface area contributed by atoms with Gasteiger partial charge in [-0.3, -0.25) is 4.79 Å². The number of aromatic carboxylic acids is 1. The highest BCUT2D eigenvalue weighted by Crippen LogP contribution is 2.21. The van der Waals surface area contributed by atoms with Crippen molar-refractivity contribution >= 4 is 23.6 Å². The maximum absolute atomic E-state index is 12.4. The summed E-state index contributed by atoms with van der Waals surface area (Å²) in [7, 11) is 0. The zero-order valence-electron chi connectivity index (χ0n) is 24.7. The van der Waals surface area contributed by atoms with Gasteiger partial charge >= 0.3 is 12.0 Å². The third-order valence-corrected chi connectivity index (χ3v) is 6.22. The molecule has 1 aromatic carbocycles. The lowest BCUT2D eigenvalue weighted by molar-refractivity contribution is -0.133. The Balaban J connectivity index is 2.06. The van der Waals surface area contributed by atoms with Gasteiger partial charge in [0.2, 0.25) is 5.91 Å². The van der Waals surface area contributed by atoms with E-state index in [1.54, 1.807) is 0 Å². The van der Waals surface area contributed by atoms with E-state index in [2.05, 4.69) is 59.3 Å². The summed E-state index contributed by atoms with van der Waals surface area (Å²) in [6.45, 7) is 4.99. The summed E-state index contributed by atoms with van der Waals surface area (Å²) in [5.41, 5.74) is -0.0849. The minimum Gasteiger partial charge on any atom is -0.507 e. The molecule has 1 unspecified atom stereocenters. The van der Waals surface area contributed by atoms with Gasteiger partial charge in [-0.05, 0) is 63.1 Å². The zero-order valence-corrected chi connectivity index (χ0v) is 24.7. The van der Waals surface area contributed by atoms with Gasteiger partial charge in [0.05, 0.1) is 0 Å². The number of benzene rings is 1. The average molecular weight is 572 g/mol. The molecule has 3 amide bonds. The Morgan fingerprint density at radius 3 is 2.17 bits per heavy atom. The number of carboxylic acids is 1. The third kappa shape index (κ3) is 17.7. The second-order valence-corrected chi connectivity index (χ2v) is 9.68. The lowest BCUT2D eigenvalue weighted by atomic mass is 10.1. The van der Waals surface area contributed by atoms with Crippen molar-refractivity contribution in [3.8, 4) is 5.75 Å². The molecular weight excluding hydrogens is 522 g/mol. The van der Waals surface area contributed by atoms with Crippen molar-refractivity contribution in [2.24, 2.45) is 0 Å². The van der Waals surface area contributed by atoms with Crippen LogP contribution in [0.5, 0.6) is 5.75 Å². The first-order chi connectivity index (χ1) is 19.9. The second kappa shape index (κ2) is 23.1. The summed E-state index contributed by atoms with van der Waals surface area (Å²) in [6.07, 6.45) is 24.4. The highest BCUT2D eigenvalue weighted by molar-refractivity contribution is 5.95. The highest BCUT2D eigenvalue weighted by atomic mass is 16.5. The molecule has 0 fully saturated rings. The number of allylic oxidation sites excluding steroid dienone is 6. The Hall–Kier alpha value is -3.59. The molecule has 0 bridgehead atoms. The van der Waals surface area contributed by atoms with Crippen molar-refractivity contribution in [1.29, 1.82) is 0 Å². The van der Waals surface area contributed by atoms with Gasteiger partial charge in [0.15, 0.2) is 0 Å². The summed E-state index contributed by atoms with van der Waals surface area (Å²) in [6, 6.07) is 3.19. The third-order valence-electron chi connectivity index (χ3n) is 6.22. The Morgan fingerprint density at radius 2 is 1.49 bits per heavy atom. The number of nitrogens with one attached hydrogen (secondary N) is 3. The van der Waals surface area contributed by atoms with Gasteiger partial charge in [-0.1, -0.05) is 76.0 Å². The lowest BCUT2D eigenvalue weighted by Crippen LogP contribution is -2.41. The fraction of sp³-hybridized carbons (Fsp3) is 0.531. The van der Waals surface area contributed by atoms with Crippen LogP contribution in [-0.4, -0.2) is 53.9 Å². The summed E-state index contributed by atoms with van der Waals surface area (Å²) in [5, 5.41) is 26.4. The fourth-order valence-corrected chi connectivity index (χ4v) is 3.94. The normalized spacial score (nSPS) is 12.2. The summed E-state index contributed by atoms with van der Waals surface area (Å²) in [5.74, 6) is -1.90. The van der Waals surface area contributed by atoms with E-state index in [1.165, 1.54) is 37.8 Å². The number of carboxylic acid groups (broad SMARTS) is 1. The van der Waals surface area contributed by atoms with Crippen molar-refractivity contribution in [1.82, 2.24) is 10.6 Å². The quantitative estimate of drug-likeness (QED) is 0.0596. The van der Waals surface area contributed by atoms with Gasteiger partial charge in [-0.2, -0.15) is 0 Å². The Morgan fingerprint density at radius 1 is 0.854 bits per heavy atom. The number of amides is 3. The van der Waals surface area contributed by atoms with Crippen molar-refractivity contribution in [2.45, 2.75) is 90.6 Å². The lowest BCUT2D eigenvalue weighted by Gasteiger charge is -2.16. The molecule has 0 aliphatic heterocycles. The zero-order chi connectivity index (χ0) is 30.1. The Bertz CT molecular complexity index is 990. The molecule has 1 atom stereocenters. The van der Waals surface area contributed by atoms with Crippen LogP contribution in [0.25, 0.3) is 0 Å². The molecule has 0 spiro atoms. The molecule has 0 saturated heterocycles. The number of phenols is 1. The molecule has 1 aromatic rings. The van der Waals surface area contributed by atoms with E-state index in [4.69, 9.17) is 9.84 Å². The summed E-state index contributed by atoms with van der Waals surface area (Å²) in [4.78, 5) is 35.5. The van der Waals surface area contributed by atoms with Crippen LogP contribution in [0.15, 0.2) is 54.7 Å². The first kappa shape index (κ1) is 35.4. The SMILES string of the molecule is CCC=CCC=CCC=CCCCCCCCCOC(CC)C(=O)NCCNC(=O)Nc1ccc(O)c(C(=O)O)c1. The minimum absolute atomic E-state index is 0.182. The molecule has 0 radical (unpaired) electrons. The maximum atomic E-state index is 12.4. The number of unbranched alkanes of at least 4 members (excludes halogenated alkanes) is 6. The second-order valence-electron chi connectivity index (χ2n) is 9.68. The van der Waals surface area contributed by atoms with Crippen molar-refractivity contribution < 1.29 is 29.3 Å². The van der Waals surface area contributed by atoms with Crippen molar-refractivity contribution in [2.75, 3.05) is 25.0 Å². The number of carbonyl (C=O) groups excluding carboxylic acids is 2. The van der Waals surface area contributed by atoms with Crippen LogP contribution in [0.4, 0.5) is 10.5 Å². The van der Waals surface area contributed by atoms with Gasteiger partial charge in [-0.25, -0.2) is 9.59 Å². The molecular formula is C32H49N3O6. The van der Waals surface area contributed by atoms with E-state index < -0.39 is 18.1 Å². The molecule has 41 heavy (non-hydrogen) atoms. The Kier molecular flexibility index (Phi) is 20.0. The molecule has 9 heteroatoms. The van der Waals surface area contributed by atoms with Crippen LogP contribution in [-0.2, 0) is 9.53 Å². The van der Waals surface area contributed by atoms with Crippen LogP contribution in [0, 0.1) is 0 Å². The maximum Gasteiger partial charge on any atom is 0.339 e. The van der Waals surface area contributed by atoms with Crippen LogP contribution in [0.1, 0.15) is 94.8 Å². The van der Waals surface area contributed by atoms with Crippen molar-refractivity contribution in [3.05, 3.63) is 60.2 Å². The van der Waals surface area contributed by atoms with Crippen LogP contribution in [0.2, 0.25) is 0 Å². The molecule has 228 valence electrons. The number of urea groups is 1. The van der Waals surface area contributed by atoms with Gasteiger partial charge in [-0.15, -0.1) is 0 Å². The van der Waals surface area contributed by atoms with E-state index in [0.29, 0.717) is 13.0 Å². The first-order valence-electron chi connectivity index (χ1n) is 14.8. The van der Waals surface area contributed by atoms with E-state index in [0.717, 1.165) is 44.6 Å². The van der Waals surface area contributed by atoms with Crippen LogP contribution in [0.3, 0.4) is 0 Å². The van der Waals surface area contributed by atoms with E-state index in [1.807, 2.05) is 6.92 Å². The molecule has 5 N–H and O–H groups in total. The molecule has 0 aliphatic rings. The largest absolute Gasteiger partial charge is 0.507 e. The first-order valence-corrected chi connectivity index (χ1v) is 14.8. The summed E-state index contributed by atoms with van der Waals surface area (Å²) >= 11 is 0. The molecule has 0 aliphatic carbocycles. The van der Waals surface area contributed by atoms with E-state index >= 15 is 0 Å². The molecule has 9 nitrogen and oxygen atoms in total. The number of ether oxygens (including phenoxy) is 1. The van der Waals surface area contributed by atoms with E-state index in [9.17, 15) is 19.5 Å². The van der Waals surface area contributed by atoms with Gasteiger partial charge in [0, 0.05) is 25.4 Å². The summed E-state index contributed by atoms with van der Waals surface area (Å²) < 4.78 is 5.77. The number of anilines is 1. The number of hydrogen-bond donors (Lipinski definition) is 5. The smallest absolute Gasteiger partial charge is 0.339 e. The predicted molar refractivity (Wildman–Crippen MR) is 164 cm³/mol. The molecule has 0 heterocycles. The standard InChI is InChI=1S/C32H49N3O6/c1-3-5-6-7-8-9-10-11-12-13-14-15-16-17-18-19-24-41-29(4-2)30(37)33-22-23-34-32(40)35-26-20-21-28(36)27(25-26)31(38)39/h5-6,8-9,11-12,20-21,25,29,36H,3-4,7,10,13-19,22-24H2,1-2H3,(H,33,37)(H,38,39)(H2,34,35,40). The predicted octanol–water partition coefficient (Wildman–Crippen LogP) is 6.71. The number of rotatable bonds is 22. The van der Waals surface area contributed by atoms with Crippen LogP contribution >= 0.6 is 0 Å². The molecule has 0 saturated carbocycles. The van der Waals surface area contributed by atoms with Gasteiger partial charge in [0.25, 0.3) is 0 Å². The Labute approximate surface area is 245 Å². The number of carbonyl (C=O) groups is 3. The van der Waals surface area contributed by atoms with Gasteiger partial charge < -0.3 is 30.9 Å². The fourth-order valence-electron chi connectivity index (χ4n) is 3.94. The topological polar surface area (TPSA) is 137 Å². The highest BCUT2D eigenvalue weighted by Gasteiger charge is 2.16. The minimum atomic E-state index is -1.30. The van der Waals surface area contributed by atoms with E-state index in [-0.39, 0.29) is 36.0 Å². The number of aromatic hydroxyl groups is 1. The average Bonchev–Trinajstić information content (AvgIpc) is 2.95.